The molecule has 2 atom stereocenters. The van der Waals surface area contributed by atoms with Gasteiger partial charge in [-0.05, 0) is 38.0 Å². The van der Waals surface area contributed by atoms with Crippen molar-refractivity contribution in [1.82, 2.24) is 10.6 Å². The number of carbonyl (C=O) groups excluding carboxylic acids is 1. The first-order valence-corrected chi connectivity index (χ1v) is 6.83. The summed E-state index contributed by atoms with van der Waals surface area (Å²) in [7, 11) is 0. The second-order valence-electron chi connectivity index (χ2n) is 5.74. The van der Waals surface area contributed by atoms with Gasteiger partial charge in [0.2, 0.25) is 0 Å². The fraction of sp³-hybridized carbons (Fsp3) is 0.846. The Bertz CT molecular complexity index is 324. The van der Waals surface area contributed by atoms with Crippen LogP contribution in [0.5, 0.6) is 0 Å². The Kier molecular flexibility index (Phi) is 4.09. The summed E-state index contributed by atoms with van der Waals surface area (Å²) in [5.41, 5.74) is 0. The first-order valence-electron chi connectivity index (χ1n) is 6.83. The molecule has 0 aromatic carbocycles. The molecule has 5 heteroatoms. The number of rotatable bonds is 7. The Morgan fingerprint density at radius 2 is 1.89 bits per heavy atom. The molecule has 2 rings (SSSR count). The van der Waals surface area contributed by atoms with Crippen molar-refractivity contribution in [2.24, 2.45) is 11.8 Å². The second kappa shape index (κ2) is 5.59. The molecular weight excluding hydrogens is 232 g/mol. The van der Waals surface area contributed by atoms with Crippen LogP contribution in [0, 0.1) is 11.8 Å². The van der Waals surface area contributed by atoms with E-state index in [0.717, 1.165) is 25.2 Å². The van der Waals surface area contributed by atoms with E-state index in [4.69, 9.17) is 5.11 Å². The van der Waals surface area contributed by atoms with E-state index in [2.05, 4.69) is 10.6 Å². The normalized spacial score (nSPS) is 22.1. The quantitative estimate of drug-likeness (QED) is 0.647. The Balaban J connectivity index is 1.71. The van der Waals surface area contributed by atoms with Crippen molar-refractivity contribution in [3.05, 3.63) is 0 Å². The molecule has 2 aliphatic carbocycles. The highest BCUT2D eigenvalue weighted by Crippen LogP contribution is 2.34. The van der Waals surface area contributed by atoms with Crippen molar-refractivity contribution in [2.45, 2.75) is 57.5 Å². The number of carboxylic acid groups (broad SMARTS) is 1. The van der Waals surface area contributed by atoms with E-state index in [1.54, 1.807) is 0 Å². The van der Waals surface area contributed by atoms with Crippen molar-refractivity contribution in [1.29, 1.82) is 0 Å². The molecule has 2 saturated carbocycles. The first-order chi connectivity index (χ1) is 8.54. The SMILES string of the molecule is CC(CC1CC1)NC(=O)NC(CC(=O)O)C1CC1. The Morgan fingerprint density at radius 1 is 1.22 bits per heavy atom. The zero-order chi connectivity index (χ0) is 13.1. The van der Waals surface area contributed by atoms with E-state index in [-0.39, 0.29) is 24.5 Å². The van der Waals surface area contributed by atoms with E-state index in [1.807, 2.05) is 6.92 Å². The van der Waals surface area contributed by atoms with Gasteiger partial charge in [-0.2, -0.15) is 0 Å². The van der Waals surface area contributed by atoms with Gasteiger partial charge in [0.15, 0.2) is 0 Å². The molecule has 2 fully saturated rings. The lowest BCUT2D eigenvalue weighted by atomic mass is 10.1. The molecular formula is C13H22N2O3. The standard InChI is InChI=1S/C13H22N2O3/c1-8(6-9-2-3-9)14-13(18)15-11(7-12(16)17)10-4-5-10/h8-11H,2-7H2,1H3,(H,16,17)(H2,14,15,18). The van der Waals surface area contributed by atoms with Crippen molar-refractivity contribution >= 4 is 12.0 Å². The topological polar surface area (TPSA) is 78.4 Å². The summed E-state index contributed by atoms with van der Waals surface area (Å²) in [6.45, 7) is 2.00. The molecule has 2 unspecified atom stereocenters. The van der Waals surface area contributed by atoms with E-state index in [1.165, 1.54) is 12.8 Å². The average molecular weight is 254 g/mol. The van der Waals surface area contributed by atoms with Crippen molar-refractivity contribution in [3.8, 4) is 0 Å². The van der Waals surface area contributed by atoms with Crippen LogP contribution < -0.4 is 10.6 Å². The molecule has 0 bridgehead atoms. The number of carboxylic acids is 1. The highest BCUT2D eigenvalue weighted by molar-refractivity contribution is 5.76. The Morgan fingerprint density at radius 3 is 2.39 bits per heavy atom. The Hall–Kier alpha value is -1.26. The predicted molar refractivity (Wildman–Crippen MR) is 67.2 cm³/mol. The molecule has 2 amide bonds. The van der Waals surface area contributed by atoms with Gasteiger partial charge in [-0.3, -0.25) is 4.79 Å². The van der Waals surface area contributed by atoms with Crippen LogP contribution >= 0.6 is 0 Å². The third-order valence-electron chi connectivity index (χ3n) is 3.66. The monoisotopic (exact) mass is 254 g/mol. The number of amides is 2. The van der Waals surface area contributed by atoms with Gasteiger partial charge >= 0.3 is 12.0 Å². The zero-order valence-corrected chi connectivity index (χ0v) is 10.8. The van der Waals surface area contributed by atoms with Gasteiger partial charge in [-0.25, -0.2) is 4.79 Å². The van der Waals surface area contributed by atoms with Gasteiger partial charge in [-0.15, -0.1) is 0 Å². The predicted octanol–water partition coefficient (Wildman–Crippen LogP) is 1.73. The largest absolute Gasteiger partial charge is 0.481 e. The van der Waals surface area contributed by atoms with Gasteiger partial charge in [0.25, 0.3) is 0 Å². The fourth-order valence-corrected chi connectivity index (χ4v) is 2.37. The van der Waals surface area contributed by atoms with E-state index >= 15 is 0 Å². The highest BCUT2D eigenvalue weighted by atomic mass is 16.4. The minimum atomic E-state index is -0.849. The molecule has 0 heterocycles. The van der Waals surface area contributed by atoms with Crippen LogP contribution in [0.4, 0.5) is 4.79 Å². The lowest BCUT2D eigenvalue weighted by Crippen LogP contribution is -2.47. The maximum Gasteiger partial charge on any atom is 0.315 e. The molecule has 102 valence electrons. The summed E-state index contributed by atoms with van der Waals surface area (Å²) in [5, 5.41) is 14.5. The molecule has 5 nitrogen and oxygen atoms in total. The van der Waals surface area contributed by atoms with Crippen LogP contribution in [0.3, 0.4) is 0 Å². The number of carbonyl (C=O) groups is 2. The lowest BCUT2D eigenvalue weighted by molar-refractivity contribution is -0.137. The molecule has 2 aliphatic rings. The Labute approximate surface area is 107 Å². The third kappa shape index (κ3) is 4.55. The van der Waals surface area contributed by atoms with Crippen molar-refractivity contribution < 1.29 is 14.7 Å². The fourth-order valence-electron chi connectivity index (χ4n) is 2.37. The summed E-state index contributed by atoms with van der Waals surface area (Å²) < 4.78 is 0. The zero-order valence-electron chi connectivity index (χ0n) is 10.8. The van der Waals surface area contributed by atoms with Crippen molar-refractivity contribution in [2.75, 3.05) is 0 Å². The molecule has 0 aliphatic heterocycles. The van der Waals surface area contributed by atoms with Crippen LogP contribution in [-0.4, -0.2) is 29.2 Å². The van der Waals surface area contributed by atoms with Gasteiger partial charge in [0.05, 0.1) is 6.42 Å². The number of hydrogen-bond acceptors (Lipinski definition) is 2. The summed E-state index contributed by atoms with van der Waals surface area (Å²) in [5.74, 6) is 0.280. The average Bonchev–Trinajstić information content (AvgIpc) is 3.10. The van der Waals surface area contributed by atoms with E-state index in [9.17, 15) is 9.59 Å². The molecule has 18 heavy (non-hydrogen) atoms. The van der Waals surface area contributed by atoms with Crippen LogP contribution in [0.25, 0.3) is 0 Å². The first kappa shape index (κ1) is 13.2. The summed E-state index contributed by atoms with van der Waals surface area (Å²) in [6.07, 6.45) is 5.65. The molecule has 3 N–H and O–H groups in total. The minimum absolute atomic E-state index is 0.0229. The summed E-state index contributed by atoms with van der Waals surface area (Å²) in [4.78, 5) is 22.5. The number of aliphatic carboxylic acids is 1. The number of urea groups is 1. The summed E-state index contributed by atoms with van der Waals surface area (Å²) in [6, 6.07) is -0.265. The lowest BCUT2D eigenvalue weighted by Gasteiger charge is -2.19. The van der Waals surface area contributed by atoms with Crippen LogP contribution in [0.1, 0.15) is 45.4 Å². The van der Waals surface area contributed by atoms with E-state index < -0.39 is 5.97 Å². The third-order valence-corrected chi connectivity index (χ3v) is 3.66. The van der Waals surface area contributed by atoms with Crippen LogP contribution in [0.15, 0.2) is 0 Å². The molecule has 0 saturated heterocycles. The van der Waals surface area contributed by atoms with Gasteiger partial charge < -0.3 is 15.7 Å². The molecule has 0 spiro atoms. The number of nitrogens with one attached hydrogen (secondary N) is 2. The molecule has 0 aromatic heterocycles. The smallest absolute Gasteiger partial charge is 0.315 e. The molecule has 0 aromatic rings. The van der Waals surface area contributed by atoms with Crippen molar-refractivity contribution in [3.63, 3.8) is 0 Å². The maximum absolute atomic E-state index is 11.8. The minimum Gasteiger partial charge on any atom is -0.481 e. The van der Waals surface area contributed by atoms with E-state index in [0.29, 0.717) is 5.92 Å². The molecule has 0 radical (unpaired) electrons. The van der Waals surface area contributed by atoms with Gasteiger partial charge in [0.1, 0.15) is 0 Å². The highest BCUT2D eigenvalue weighted by Gasteiger charge is 2.34. The number of hydrogen-bond donors (Lipinski definition) is 3. The summed E-state index contributed by atoms with van der Waals surface area (Å²) >= 11 is 0. The van der Waals surface area contributed by atoms with Gasteiger partial charge in [-0.1, -0.05) is 12.8 Å². The maximum atomic E-state index is 11.8. The van der Waals surface area contributed by atoms with Crippen LogP contribution in [-0.2, 0) is 4.79 Å². The van der Waals surface area contributed by atoms with Crippen LogP contribution in [0.2, 0.25) is 0 Å². The van der Waals surface area contributed by atoms with Gasteiger partial charge in [0, 0.05) is 12.1 Å². The second-order valence-corrected chi connectivity index (χ2v) is 5.74.